The predicted octanol–water partition coefficient (Wildman–Crippen LogP) is 3.72. The van der Waals surface area contributed by atoms with Crippen LogP contribution in [0, 0.1) is 5.92 Å². The lowest BCUT2D eigenvalue weighted by Crippen LogP contribution is -2.47. The Morgan fingerprint density at radius 2 is 1.64 bits per heavy atom. The molecule has 2 rings (SSSR count). The van der Waals surface area contributed by atoms with Gasteiger partial charge >= 0.3 is 0 Å². The van der Waals surface area contributed by atoms with Crippen LogP contribution in [0.25, 0.3) is 0 Å². The van der Waals surface area contributed by atoms with Gasteiger partial charge in [0.15, 0.2) is 0 Å². The summed E-state index contributed by atoms with van der Waals surface area (Å²) in [5, 5.41) is 1.64. The monoisotopic (exact) mass is 461 g/mol. The van der Waals surface area contributed by atoms with Crippen molar-refractivity contribution in [1.82, 2.24) is 9.80 Å². The molecule has 1 unspecified atom stereocenters. The number of benzene rings is 1. The maximum Gasteiger partial charge on any atom is 0.242 e. The van der Waals surface area contributed by atoms with Crippen LogP contribution >= 0.6 is 0 Å². The van der Waals surface area contributed by atoms with Gasteiger partial charge in [0, 0.05) is 53.4 Å². The van der Waals surface area contributed by atoms with Crippen LogP contribution in [-0.4, -0.2) is 75.7 Å². The Bertz CT molecular complexity index is 713. The zero-order chi connectivity index (χ0) is 24.4. The molecule has 1 atom stereocenters. The minimum absolute atomic E-state index is 0.383. The second-order valence-electron chi connectivity index (χ2n) is 9.57. The number of primary amides is 1. The quantitative estimate of drug-likeness (QED) is 0.426. The molecule has 1 amide bonds. The van der Waals surface area contributed by atoms with E-state index in [9.17, 15) is 4.79 Å². The Labute approximate surface area is 201 Å². The van der Waals surface area contributed by atoms with Gasteiger partial charge in [-0.2, -0.15) is 0 Å². The zero-order valence-corrected chi connectivity index (χ0v) is 21.8. The van der Waals surface area contributed by atoms with Crippen LogP contribution in [0.1, 0.15) is 58.4 Å². The zero-order valence-electron chi connectivity index (χ0n) is 21.8. The second-order valence-corrected chi connectivity index (χ2v) is 9.57. The Kier molecular flexibility index (Phi) is 11.4. The highest BCUT2D eigenvalue weighted by atomic mass is 16.7. The Morgan fingerprint density at radius 3 is 2.12 bits per heavy atom. The fourth-order valence-electron chi connectivity index (χ4n) is 4.98. The smallest absolute Gasteiger partial charge is 0.242 e. The summed E-state index contributed by atoms with van der Waals surface area (Å²) in [5.74, 6) is 0.462. The van der Waals surface area contributed by atoms with Crippen LogP contribution < -0.4 is 15.7 Å². The van der Waals surface area contributed by atoms with Crippen LogP contribution in [0.15, 0.2) is 18.2 Å². The van der Waals surface area contributed by atoms with E-state index in [1.165, 1.54) is 37.8 Å². The van der Waals surface area contributed by atoms with E-state index in [2.05, 4.69) is 46.7 Å². The summed E-state index contributed by atoms with van der Waals surface area (Å²) in [6.07, 6.45) is 5.85. The van der Waals surface area contributed by atoms with Gasteiger partial charge in [-0.05, 0) is 42.9 Å². The lowest BCUT2D eigenvalue weighted by atomic mass is 9.97. The molecule has 7 nitrogen and oxygen atoms in total. The van der Waals surface area contributed by atoms with Gasteiger partial charge in [0.2, 0.25) is 5.91 Å². The van der Waals surface area contributed by atoms with Crippen molar-refractivity contribution in [2.24, 2.45) is 11.7 Å². The number of nitrogens with two attached hydrogens (primary N) is 1. The number of hydroxylamine groups is 1. The normalized spacial score (nSPS) is 16.2. The largest absolute Gasteiger partial charge is 0.376 e. The van der Waals surface area contributed by atoms with Gasteiger partial charge in [0.25, 0.3) is 0 Å². The number of hydrogen-bond donors (Lipinski definition) is 1. The molecule has 0 saturated carbocycles. The van der Waals surface area contributed by atoms with Gasteiger partial charge in [-0.3, -0.25) is 14.5 Å². The Morgan fingerprint density at radius 1 is 1.03 bits per heavy atom. The number of anilines is 2. The number of carbonyl (C=O) groups excluding carboxylic acids is 1. The number of rotatable bonds is 14. The van der Waals surface area contributed by atoms with E-state index in [0.717, 1.165) is 50.0 Å². The fraction of sp³-hybridized carbons (Fsp3) is 0.731. The van der Waals surface area contributed by atoms with Crippen molar-refractivity contribution in [2.45, 2.75) is 65.5 Å². The molecular weight excluding hydrogens is 414 g/mol. The summed E-state index contributed by atoms with van der Waals surface area (Å²) in [5.41, 5.74) is 8.79. The molecule has 1 heterocycles. The molecule has 0 radical (unpaired) electrons. The molecule has 33 heavy (non-hydrogen) atoms. The van der Waals surface area contributed by atoms with E-state index in [1.807, 2.05) is 21.0 Å². The van der Waals surface area contributed by atoms with Gasteiger partial charge < -0.3 is 15.5 Å². The summed E-state index contributed by atoms with van der Waals surface area (Å²) >= 11 is 0. The highest BCUT2D eigenvalue weighted by Crippen LogP contribution is 2.32. The Balaban J connectivity index is 2.05. The lowest BCUT2D eigenvalue weighted by Gasteiger charge is -2.37. The average Bonchev–Trinajstić information content (AvgIpc) is 2.79. The molecule has 1 aromatic carbocycles. The van der Waals surface area contributed by atoms with Crippen LogP contribution in [-0.2, 0) is 16.2 Å². The molecule has 1 aliphatic heterocycles. The third-order valence-corrected chi connectivity index (χ3v) is 6.74. The number of nitrogens with zero attached hydrogens (tertiary/aromatic N) is 4. The van der Waals surface area contributed by atoms with Gasteiger partial charge in [0.1, 0.15) is 6.04 Å². The number of piperazine rings is 1. The third-order valence-electron chi connectivity index (χ3n) is 6.74. The summed E-state index contributed by atoms with van der Waals surface area (Å²) in [6.45, 7) is 13.2. The molecule has 1 aromatic rings. The van der Waals surface area contributed by atoms with E-state index >= 15 is 0 Å². The topological polar surface area (TPSA) is 65.3 Å². The molecule has 1 fully saturated rings. The molecule has 0 bridgehead atoms. The van der Waals surface area contributed by atoms with Crippen molar-refractivity contribution in [3.05, 3.63) is 23.8 Å². The second kappa shape index (κ2) is 13.8. The van der Waals surface area contributed by atoms with Gasteiger partial charge in [-0.15, -0.1) is 0 Å². The standard InChI is InChI=1S/C26H47N5O2/c1-7-10-21(11-8-2)19-29-14-16-30(17-15-29)20-22-12-13-24(25(18-22)28(4)5)31(33-6)23(9-3)26(27)32/h12-13,18,21,23H,7-11,14-17,19-20H2,1-6H3,(H2,27,32). The van der Waals surface area contributed by atoms with Crippen molar-refractivity contribution in [3.8, 4) is 0 Å². The minimum atomic E-state index is -0.503. The van der Waals surface area contributed by atoms with E-state index in [0.29, 0.717) is 6.42 Å². The van der Waals surface area contributed by atoms with E-state index < -0.39 is 6.04 Å². The molecule has 1 aliphatic rings. The predicted molar refractivity (Wildman–Crippen MR) is 139 cm³/mol. The van der Waals surface area contributed by atoms with Crippen molar-refractivity contribution < 1.29 is 9.63 Å². The van der Waals surface area contributed by atoms with Crippen LogP contribution in [0.2, 0.25) is 0 Å². The summed E-state index contributed by atoms with van der Waals surface area (Å²) < 4.78 is 0. The third kappa shape index (κ3) is 7.87. The lowest BCUT2D eigenvalue weighted by molar-refractivity contribution is -0.121. The maximum atomic E-state index is 12.0. The van der Waals surface area contributed by atoms with Crippen LogP contribution in [0.5, 0.6) is 0 Å². The molecule has 1 saturated heterocycles. The van der Waals surface area contributed by atoms with Crippen LogP contribution in [0.4, 0.5) is 11.4 Å². The molecule has 188 valence electrons. The van der Waals surface area contributed by atoms with Gasteiger partial charge in [-0.1, -0.05) is 39.7 Å². The van der Waals surface area contributed by atoms with E-state index in [-0.39, 0.29) is 5.91 Å². The average molecular weight is 462 g/mol. The first-order chi connectivity index (χ1) is 15.8. The molecule has 7 heteroatoms. The number of amides is 1. The first kappa shape index (κ1) is 27.4. The highest BCUT2D eigenvalue weighted by molar-refractivity contribution is 5.85. The van der Waals surface area contributed by atoms with Gasteiger partial charge in [-0.25, -0.2) is 5.06 Å². The molecule has 0 spiro atoms. The SMILES string of the molecule is CCCC(CCC)CN1CCN(Cc2ccc(N(OC)C(CC)C(N)=O)c(N(C)C)c2)CC1. The van der Waals surface area contributed by atoms with Crippen molar-refractivity contribution >= 4 is 17.3 Å². The first-order valence-electron chi connectivity index (χ1n) is 12.7. The maximum absolute atomic E-state index is 12.0. The summed E-state index contributed by atoms with van der Waals surface area (Å²) in [4.78, 5) is 24.8. The minimum Gasteiger partial charge on any atom is -0.376 e. The number of carbonyl (C=O) groups is 1. The first-order valence-corrected chi connectivity index (χ1v) is 12.7. The van der Waals surface area contributed by atoms with Crippen molar-refractivity contribution in [1.29, 1.82) is 0 Å². The summed E-state index contributed by atoms with van der Waals surface area (Å²) in [6, 6.07) is 5.90. The Hall–Kier alpha value is -1.83. The fourth-order valence-corrected chi connectivity index (χ4v) is 4.98. The molecule has 0 aromatic heterocycles. The van der Waals surface area contributed by atoms with Gasteiger partial charge in [0.05, 0.1) is 18.5 Å². The van der Waals surface area contributed by atoms with E-state index in [4.69, 9.17) is 10.6 Å². The molecule has 2 N–H and O–H groups in total. The summed E-state index contributed by atoms with van der Waals surface area (Å²) in [7, 11) is 5.62. The van der Waals surface area contributed by atoms with E-state index in [1.54, 1.807) is 12.2 Å². The van der Waals surface area contributed by atoms with Crippen molar-refractivity contribution in [2.75, 3.05) is 63.9 Å². The van der Waals surface area contributed by atoms with Crippen molar-refractivity contribution in [3.63, 3.8) is 0 Å². The molecule has 0 aliphatic carbocycles. The van der Waals surface area contributed by atoms with Crippen LogP contribution in [0.3, 0.4) is 0 Å². The highest BCUT2D eigenvalue weighted by Gasteiger charge is 2.26. The number of hydrogen-bond acceptors (Lipinski definition) is 6. The molecular formula is C26H47N5O2.